The smallest absolute Gasteiger partial charge is 0.224 e. The lowest BCUT2D eigenvalue weighted by Gasteiger charge is -2.36. The molecule has 0 aromatic heterocycles. The predicted molar refractivity (Wildman–Crippen MR) is 135 cm³/mol. The summed E-state index contributed by atoms with van der Waals surface area (Å²) in [7, 11) is 0. The summed E-state index contributed by atoms with van der Waals surface area (Å²) in [5, 5.41) is 3.02. The zero-order valence-electron chi connectivity index (χ0n) is 19.4. The van der Waals surface area contributed by atoms with E-state index in [1.165, 1.54) is 11.3 Å². The van der Waals surface area contributed by atoms with Gasteiger partial charge in [-0.3, -0.25) is 9.69 Å². The molecule has 0 atom stereocenters. The number of anilines is 2. The van der Waals surface area contributed by atoms with Gasteiger partial charge >= 0.3 is 0 Å². The maximum absolute atomic E-state index is 12.5. The van der Waals surface area contributed by atoms with Crippen molar-refractivity contribution in [3.8, 4) is 5.75 Å². The number of carbonyl (C=O) groups excluding carboxylic acids is 1. The second kappa shape index (κ2) is 11.5. The van der Waals surface area contributed by atoms with Gasteiger partial charge in [-0.1, -0.05) is 48.5 Å². The fourth-order valence-corrected chi connectivity index (χ4v) is 4.24. The van der Waals surface area contributed by atoms with Crippen LogP contribution in [0, 0.1) is 0 Å². The van der Waals surface area contributed by atoms with Crippen LogP contribution in [0.5, 0.6) is 5.75 Å². The molecule has 1 saturated heterocycles. The molecule has 1 heterocycles. The first-order chi connectivity index (χ1) is 16.2. The van der Waals surface area contributed by atoms with E-state index in [4.69, 9.17) is 4.74 Å². The van der Waals surface area contributed by atoms with Crippen LogP contribution < -0.4 is 15.0 Å². The summed E-state index contributed by atoms with van der Waals surface area (Å²) in [5.74, 6) is 0.879. The van der Waals surface area contributed by atoms with Crippen molar-refractivity contribution in [2.75, 3.05) is 43.0 Å². The minimum atomic E-state index is 0.0172. The number of amides is 1. The Morgan fingerprint density at radius 1 is 0.879 bits per heavy atom. The molecule has 1 N–H and O–H groups in total. The summed E-state index contributed by atoms with van der Waals surface area (Å²) >= 11 is 0. The highest BCUT2D eigenvalue weighted by atomic mass is 16.5. The number of benzene rings is 3. The first-order valence-electron chi connectivity index (χ1n) is 11.8. The molecule has 33 heavy (non-hydrogen) atoms. The van der Waals surface area contributed by atoms with Gasteiger partial charge in [-0.2, -0.15) is 0 Å². The third-order valence-electron chi connectivity index (χ3n) is 6.03. The van der Waals surface area contributed by atoms with Crippen molar-refractivity contribution in [2.24, 2.45) is 0 Å². The molecule has 5 heteroatoms. The lowest BCUT2D eigenvalue weighted by atomic mass is 10.1. The van der Waals surface area contributed by atoms with Crippen LogP contribution in [-0.4, -0.2) is 43.6 Å². The summed E-state index contributed by atoms with van der Waals surface area (Å²) in [5.41, 5.74) is 4.48. The van der Waals surface area contributed by atoms with E-state index < -0.39 is 0 Å². The summed E-state index contributed by atoms with van der Waals surface area (Å²) in [6.45, 7) is 7.73. The zero-order chi connectivity index (χ0) is 22.9. The first-order valence-corrected chi connectivity index (χ1v) is 11.8. The maximum Gasteiger partial charge on any atom is 0.224 e. The van der Waals surface area contributed by atoms with Crippen molar-refractivity contribution >= 4 is 17.3 Å². The van der Waals surface area contributed by atoms with Gasteiger partial charge in [0.1, 0.15) is 5.75 Å². The van der Waals surface area contributed by atoms with Crippen LogP contribution in [0.15, 0.2) is 78.9 Å². The molecule has 5 nitrogen and oxygen atoms in total. The standard InChI is InChI=1S/C28H33N3O2/c1-2-33-27-11-7-6-10-24(27)12-17-28(32)29-25-13-15-26(16-14-25)31-20-18-30(19-21-31)22-23-8-4-3-5-9-23/h3-11,13-16H,2,12,17-22H2,1H3,(H,29,32). The van der Waals surface area contributed by atoms with Gasteiger partial charge in [-0.15, -0.1) is 0 Å². The number of nitrogens with zero attached hydrogens (tertiary/aromatic N) is 2. The highest BCUT2D eigenvalue weighted by molar-refractivity contribution is 5.91. The number of piperazine rings is 1. The summed E-state index contributed by atoms with van der Waals surface area (Å²) in [6.07, 6.45) is 1.09. The maximum atomic E-state index is 12.5. The third-order valence-corrected chi connectivity index (χ3v) is 6.03. The SMILES string of the molecule is CCOc1ccccc1CCC(=O)Nc1ccc(N2CCN(Cc3ccccc3)CC2)cc1. The number of rotatable bonds is 9. The van der Waals surface area contributed by atoms with Gasteiger partial charge in [0.2, 0.25) is 5.91 Å². The molecule has 0 aliphatic carbocycles. The van der Waals surface area contributed by atoms with Crippen molar-refractivity contribution in [1.82, 2.24) is 4.90 Å². The average molecular weight is 444 g/mol. The molecule has 1 aliphatic rings. The lowest BCUT2D eigenvalue weighted by molar-refractivity contribution is -0.116. The van der Waals surface area contributed by atoms with Gasteiger partial charge in [-0.25, -0.2) is 0 Å². The molecule has 172 valence electrons. The number of nitrogens with one attached hydrogen (secondary N) is 1. The lowest BCUT2D eigenvalue weighted by Crippen LogP contribution is -2.45. The van der Waals surface area contributed by atoms with Crippen LogP contribution in [0.4, 0.5) is 11.4 Å². The average Bonchev–Trinajstić information content (AvgIpc) is 2.85. The largest absolute Gasteiger partial charge is 0.494 e. The Hall–Kier alpha value is -3.31. The van der Waals surface area contributed by atoms with Crippen molar-refractivity contribution in [1.29, 1.82) is 0 Å². The summed E-state index contributed by atoms with van der Waals surface area (Å²) in [6, 6.07) is 26.8. The van der Waals surface area contributed by atoms with Crippen LogP contribution in [0.3, 0.4) is 0 Å². The van der Waals surface area contributed by atoms with Gasteiger partial charge in [0.15, 0.2) is 0 Å². The van der Waals surface area contributed by atoms with E-state index in [9.17, 15) is 4.79 Å². The molecule has 1 amide bonds. The molecule has 0 unspecified atom stereocenters. The number of aryl methyl sites for hydroxylation is 1. The van der Waals surface area contributed by atoms with Crippen LogP contribution in [0.2, 0.25) is 0 Å². The molecule has 1 aliphatic heterocycles. The monoisotopic (exact) mass is 443 g/mol. The Kier molecular flexibility index (Phi) is 7.99. The molecule has 0 spiro atoms. The minimum absolute atomic E-state index is 0.0172. The van der Waals surface area contributed by atoms with Crippen molar-refractivity contribution in [2.45, 2.75) is 26.3 Å². The van der Waals surface area contributed by atoms with E-state index >= 15 is 0 Å². The van der Waals surface area contributed by atoms with E-state index in [2.05, 4.69) is 57.6 Å². The van der Waals surface area contributed by atoms with Crippen LogP contribution in [-0.2, 0) is 17.8 Å². The fourth-order valence-electron chi connectivity index (χ4n) is 4.24. The molecule has 3 aromatic carbocycles. The molecule has 0 radical (unpaired) electrons. The van der Waals surface area contributed by atoms with E-state index in [1.807, 2.05) is 43.3 Å². The van der Waals surface area contributed by atoms with E-state index in [0.717, 1.165) is 49.7 Å². The van der Waals surface area contributed by atoms with Crippen molar-refractivity contribution in [3.63, 3.8) is 0 Å². The Bertz CT molecular complexity index is 1010. The number of hydrogen-bond donors (Lipinski definition) is 1. The Labute approximate surface area is 197 Å². The number of hydrogen-bond acceptors (Lipinski definition) is 4. The summed E-state index contributed by atoms with van der Waals surface area (Å²) in [4.78, 5) is 17.4. The molecule has 0 saturated carbocycles. The van der Waals surface area contributed by atoms with Gasteiger partial charge in [0.25, 0.3) is 0 Å². The quantitative estimate of drug-likeness (QED) is 0.507. The van der Waals surface area contributed by atoms with Gasteiger partial charge in [0, 0.05) is 50.5 Å². The molecular weight excluding hydrogens is 410 g/mol. The van der Waals surface area contributed by atoms with E-state index in [1.54, 1.807) is 0 Å². The topological polar surface area (TPSA) is 44.8 Å². The van der Waals surface area contributed by atoms with Crippen molar-refractivity contribution < 1.29 is 9.53 Å². The van der Waals surface area contributed by atoms with Crippen LogP contribution in [0.25, 0.3) is 0 Å². The molecule has 0 bridgehead atoms. The minimum Gasteiger partial charge on any atom is -0.494 e. The summed E-state index contributed by atoms with van der Waals surface area (Å²) < 4.78 is 5.66. The fraction of sp³-hybridized carbons (Fsp3) is 0.321. The van der Waals surface area contributed by atoms with Gasteiger partial charge < -0.3 is 15.0 Å². The molecule has 4 rings (SSSR count). The number of para-hydroxylation sites is 1. The van der Waals surface area contributed by atoms with Crippen LogP contribution >= 0.6 is 0 Å². The van der Waals surface area contributed by atoms with Gasteiger partial charge in [-0.05, 0) is 54.8 Å². The Morgan fingerprint density at radius 3 is 2.30 bits per heavy atom. The normalized spacial score (nSPS) is 14.2. The predicted octanol–water partition coefficient (Wildman–Crippen LogP) is 4.98. The first kappa shape index (κ1) is 22.9. The van der Waals surface area contributed by atoms with Crippen LogP contribution in [0.1, 0.15) is 24.5 Å². The van der Waals surface area contributed by atoms with Crippen molar-refractivity contribution in [3.05, 3.63) is 90.0 Å². The van der Waals surface area contributed by atoms with Gasteiger partial charge in [0.05, 0.1) is 6.61 Å². The molecular formula is C28H33N3O2. The second-order valence-electron chi connectivity index (χ2n) is 8.38. The molecule has 3 aromatic rings. The zero-order valence-corrected chi connectivity index (χ0v) is 19.4. The highest BCUT2D eigenvalue weighted by Gasteiger charge is 2.17. The molecule has 1 fully saturated rings. The number of ether oxygens (including phenoxy) is 1. The Balaban J connectivity index is 1.23. The Morgan fingerprint density at radius 2 is 1.58 bits per heavy atom. The third kappa shape index (κ3) is 6.59. The van der Waals surface area contributed by atoms with E-state index in [-0.39, 0.29) is 5.91 Å². The highest BCUT2D eigenvalue weighted by Crippen LogP contribution is 2.22. The second-order valence-corrected chi connectivity index (χ2v) is 8.38. The van der Waals surface area contributed by atoms with E-state index in [0.29, 0.717) is 19.4 Å². The number of carbonyl (C=O) groups is 1.